The summed E-state index contributed by atoms with van der Waals surface area (Å²) in [7, 11) is 0. The number of hydrogen-bond acceptors (Lipinski definition) is 5. The molecule has 3 saturated heterocycles. The van der Waals surface area contributed by atoms with Gasteiger partial charge in [-0.2, -0.15) is 0 Å². The summed E-state index contributed by atoms with van der Waals surface area (Å²) in [5.41, 5.74) is 3.20. The van der Waals surface area contributed by atoms with E-state index in [2.05, 4.69) is 21.6 Å². The van der Waals surface area contributed by atoms with E-state index in [0.29, 0.717) is 24.1 Å². The minimum absolute atomic E-state index is 0.106. The topological polar surface area (TPSA) is 81.8 Å². The number of nitrogens with one attached hydrogen (secondary N) is 2. The number of imide groups is 1. The van der Waals surface area contributed by atoms with Crippen LogP contribution < -0.4 is 10.6 Å². The molecule has 3 amide bonds. The van der Waals surface area contributed by atoms with Crippen LogP contribution in [-0.2, 0) is 22.7 Å². The number of nitrogens with zero attached hydrogens (tertiary/aromatic N) is 2. The Labute approximate surface area is 164 Å². The fourth-order valence-electron chi connectivity index (χ4n) is 5.21. The first-order valence-corrected chi connectivity index (χ1v) is 10.3. The quantitative estimate of drug-likeness (QED) is 0.755. The van der Waals surface area contributed by atoms with Crippen LogP contribution in [0.4, 0.5) is 0 Å². The van der Waals surface area contributed by atoms with Crippen molar-refractivity contribution in [2.45, 2.75) is 56.8 Å². The predicted molar refractivity (Wildman–Crippen MR) is 102 cm³/mol. The molecule has 148 valence electrons. The maximum Gasteiger partial charge on any atom is 0.255 e. The number of carbonyl (C=O) groups excluding carboxylic acids is 3. The Balaban J connectivity index is 1.25. The summed E-state index contributed by atoms with van der Waals surface area (Å²) in [6, 6.07) is 5.49. The number of likely N-dealkylation sites (tertiary alicyclic amines) is 1. The minimum atomic E-state index is -0.548. The number of rotatable bonds is 3. The molecule has 7 nitrogen and oxygen atoms in total. The Bertz CT molecular complexity index is 838. The average molecular weight is 382 g/mol. The second-order valence-corrected chi connectivity index (χ2v) is 8.70. The lowest BCUT2D eigenvalue weighted by molar-refractivity contribution is -0.136. The van der Waals surface area contributed by atoms with Crippen molar-refractivity contribution >= 4 is 17.7 Å². The molecule has 4 aliphatic rings. The van der Waals surface area contributed by atoms with Gasteiger partial charge in [0.25, 0.3) is 5.91 Å². The van der Waals surface area contributed by atoms with E-state index in [9.17, 15) is 14.4 Å². The molecule has 0 saturated carbocycles. The lowest BCUT2D eigenvalue weighted by Gasteiger charge is -2.53. The normalized spacial score (nSPS) is 26.9. The minimum Gasteiger partial charge on any atom is -0.322 e. The lowest BCUT2D eigenvalue weighted by Crippen LogP contribution is -2.69. The van der Waals surface area contributed by atoms with Gasteiger partial charge < -0.3 is 10.2 Å². The molecule has 0 bridgehead atoms. The van der Waals surface area contributed by atoms with Crippen molar-refractivity contribution in [2.75, 3.05) is 19.6 Å². The van der Waals surface area contributed by atoms with Crippen LogP contribution in [0.2, 0.25) is 0 Å². The van der Waals surface area contributed by atoms with Crippen molar-refractivity contribution in [2.24, 2.45) is 0 Å². The average Bonchev–Trinajstić information content (AvgIpc) is 2.97. The van der Waals surface area contributed by atoms with Gasteiger partial charge in [0.15, 0.2) is 0 Å². The molecule has 3 fully saturated rings. The van der Waals surface area contributed by atoms with Gasteiger partial charge in [-0.05, 0) is 43.0 Å². The highest BCUT2D eigenvalue weighted by atomic mass is 16.2. The highest BCUT2D eigenvalue weighted by Crippen LogP contribution is 2.32. The third-order valence-corrected chi connectivity index (χ3v) is 6.63. The van der Waals surface area contributed by atoms with E-state index in [1.165, 1.54) is 24.8 Å². The molecule has 4 aliphatic heterocycles. The van der Waals surface area contributed by atoms with E-state index in [4.69, 9.17) is 0 Å². The Hall–Kier alpha value is -2.25. The van der Waals surface area contributed by atoms with Gasteiger partial charge in [-0.25, -0.2) is 0 Å². The number of carbonyl (C=O) groups is 3. The SMILES string of the molecule is O=C1CCC(N2Cc3cc(CN4CC5(CCCCN5)C4)ccc3C2=O)C(=O)N1. The summed E-state index contributed by atoms with van der Waals surface area (Å²) in [4.78, 5) is 40.4. The van der Waals surface area contributed by atoms with E-state index in [0.717, 1.165) is 31.7 Å². The summed E-state index contributed by atoms with van der Waals surface area (Å²) in [5.74, 6) is -0.721. The van der Waals surface area contributed by atoms with E-state index < -0.39 is 6.04 Å². The molecule has 1 aromatic rings. The molecular formula is C21H26N4O3. The molecule has 5 rings (SSSR count). The molecular weight excluding hydrogens is 356 g/mol. The molecule has 0 aromatic heterocycles. The summed E-state index contributed by atoms with van der Waals surface area (Å²) < 4.78 is 0. The molecule has 1 aromatic carbocycles. The van der Waals surface area contributed by atoms with E-state index in [-0.39, 0.29) is 24.1 Å². The van der Waals surface area contributed by atoms with Crippen LogP contribution in [0.5, 0.6) is 0 Å². The van der Waals surface area contributed by atoms with Crippen molar-refractivity contribution in [1.82, 2.24) is 20.4 Å². The fourth-order valence-corrected chi connectivity index (χ4v) is 5.21. The Morgan fingerprint density at radius 3 is 2.75 bits per heavy atom. The van der Waals surface area contributed by atoms with Crippen molar-refractivity contribution in [3.8, 4) is 0 Å². The van der Waals surface area contributed by atoms with Gasteiger partial charge in [-0.3, -0.25) is 24.6 Å². The van der Waals surface area contributed by atoms with Crippen LogP contribution in [0.1, 0.15) is 53.6 Å². The lowest BCUT2D eigenvalue weighted by atomic mass is 9.81. The molecule has 1 unspecified atom stereocenters. The van der Waals surface area contributed by atoms with Crippen LogP contribution >= 0.6 is 0 Å². The molecule has 1 atom stereocenters. The standard InChI is InChI=1S/C21H26N4O3/c26-18-6-5-17(19(27)23-18)25-11-15-9-14(3-4-16(15)20(25)28)10-24-12-21(13-24)7-1-2-8-22-21/h3-4,9,17,22H,1-2,5-8,10-13H2,(H,23,26,27). The highest BCUT2D eigenvalue weighted by molar-refractivity contribution is 6.05. The van der Waals surface area contributed by atoms with Gasteiger partial charge in [0, 0.05) is 43.7 Å². The Morgan fingerprint density at radius 1 is 1.14 bits per heavy atom. The van der Waals surface area contributed by atoms with Gasteiger partial charge in [0.1, 0.15) is 6.04 Å². The van der Waals surface area contributed by atoms with Crippen molar-refractivity contribution in [3.05, 3.63) is 34.9 Å². The number of amides is 3. The van der Waals surface area contributed by atoms with E-state index in [1.54, 1.807) is 4.90 Å². The van der Waals surface area contributed by atoms with Crippen LogP contribution in [0, 0.1) is 0 Å². The van der Waals surface area contributed by atoms with Gasteiger partial charge in [0.05, 0.1) is 0 Å². The number of benzene rings is 1. The molecule has 28 heavy (non-hydrogen) atoms. The van der Waals surface area contributed by atoms with Crippen molar-refractivity contribution < 1.29 is 14.4 Å². The van der Waals surface area contributed by atoms with Crippen LogP contribution in [0.25, 0.3) is 0 Å². The molecule has 4 heterocycles. The second kappa shape index (κ2) is 6.67. The second-order valence-electron chi connectivity index (χ2n) is 8.70. The summed E-state index contributed by atoms with van der Waals surface area (Å²) in [5, 5.41) is 6.04. The van der Waals surface area contributed by atoms with Crippen molar-refractivity contribution in [3.63, 3.8) is 0 Å². The summed E-state index contributed by atoms with van der Waals surface area (Å²) in [6.07, 6.45) is 4.55. The van der Waals surface area contributed by atoms with E-state index in [1.807, 2.05) is 12.1 Å². The van der Waals surface area contributed by atoms with Crippen molar-refractivity contribution in [1.29, 1.82) is 0 Å². The maximum atomic E-state index is 12.8. The van der Waals surface area contributed by atoms with Gasteiger partial charge in [0.2, 0.25) is 11.8 Å². The summed E-state index contributed by atoms with van der Waals surface area (Å²) in [6.45, 7) is 4.64. The molecule has 7 heteroatoms. The predicted octanol–water partition coefficient (Wildman–Crippen LogP) is 0.776. The molecule has 0 radical (unpaired) electrons. The molecule has 1 spiro atoms. The zero-order chi connectivity index (χ0) is 19.3. The first-order valence-electron chi connectivity index (χ1n) is 10.3. The first-order chi connectivity index (χ1) is 13.5. The number of fused-ring (bicyclic) bond motifs is 1. The molecule has 2 N–H and O–H groups in total. The Morgan fingerprint density at radius 2 is 2.00 bits per heavy atom. The van der Waals surface area contributed by atoms with Gasteiger partial charge in [-0.15, -0.1) is 0 Å². The Kier molecular flexibility index (Phi) is 4.25. The van der Waals surface area contributed by atoms with Crippen LogP contribution in [0.15, 0.2) is 18.2 Å². The maximum absolute atomic E-state index is 12.8. The largest absolute Gasteiger partial charge is 0.322 e. The van der Waals surface area contributed by atoms with Crippen LogP contribution in [0.3, 0.4) is 0 Å². The van der Waals surface area contributed by atoms with Gasteiger partial charge >= 0.3 is 0 Å². The monoisotopic (exact) mass is 382 g/mol. The smallest absolute Gasteiger partial charge is 0.255 e. The fraction of sp³-hybridized carbons (Fsp3) is 0.571. The summed E-state index contributed by atoms with van der Waals surface area (Å²) >= 11 is 0. The van der Waals surface area contributed by atoms with E-state index >= 15 is 0 Å². The highest BCUT2D eigenvalue weighted by Gasteiger charge is 2.43. The molecule has 0 aliphatic carbocycles. The first kappa shape index (κ1) is 17.8. The third-order valence-electron chi connectivity index (χ3n) is 6.63. The third kappa shape index (κ3) is 3.02. The van der Waals surface area contributed by atoms with Gasteiger partial charge in [-0.1, -0.05) is 18.6 Å². The number of hydrogen-bond donors (Lipinski definition) is 2. The zero-order valence-electron chi connectivity index (χ0n) is 16.0. The zero-order valence-corrected chi connectivity index (χ0v) is 16.0. The number of piperidine rings is 2. The van der Waals surface area contributed by atoms with Crippen LogP contribution in [-0.4, -0.2) is 58.7 Å².